The first-order valence-electron chi connectivity index (χ1n) is 7.91. The van der Waals surface area contributed by atoms with Crippen LogP contribution in [0.4, 0.5) is 0 Å². The highest BCUT2D eigenvalue weighted by atomic mass is 16.4. The van der Waals surface area contributed by atoms with E-state index in [0.717, 1.165) is 22.3 Å². The fraction of sp³-hybridized carbons (Fsp3) is 0.333. The van der Waals surface area contributed by atoms with Gasteiger partial charge in [-0.15, -0.1) is 0 Å². The summed E-state index contributed by atoms with van der Waals surface area (Å²) < 4.78 is 7.23. The van der Waals surface area contributed by atoms with Crippen molar-refractivity contribution in [1.82, 2.24) is 9.55 Å². The van der Waals surface area contributed by atoms with E-state index in [2.05, 4.69) is 4.98 Å². The summed E-state index contributed by atoms with van der Waals surface area (Å²) in [5.74, 6) is -0.403. The smallest absolute Gasteiger partial charge is 0.335 e. The zero-order valence-electron chi connectivity index (χ0n) is 13.0. The van der Waals surface area contributed by atoms with E-state index in [1.165, 1.54) is 37.6 Å². The molecule has 1 saturated carbocycles. The molecule has 0 saturated heterocycles. The number of nitrogens with zero attached hydrogens (tertiary/aromatic N) is 2. The lowest BCUT2D eigenvalue weighted by Crippen LogP contribution is -1.98. The topological polar surface area (TPSA) is 68.3 Å². The van der Waals surface area contributed by atoms with Crippen LogP contribution in [0.25, 0.3) is 22.3 Å². The van der Waals surface area contributed by atoms with Gasteiger partial charge in [0.25, 0.3) is 0 Å². The van der Waals surface area contributed by atoms with Gasteiger partial charge in [0.1, 0.15) is 12.0 Å². The van der Waals surface area contributed by atoms with Gasteiger partial charge in [-0.05, 0) is 36.5 Å². The van der Waals surface area contributed by atoms with Crippen molar-refractivity contribution in [2.75, 3.05) is 0 Å². The van der Waals surface area contributed by atoms with Crippen LogP contribution in [-0.2, 0) is 7.05 Å². The molecule has 0 atom stereocenters. The molecule has 0 unspecified atom stereocenters. The first-order valence-corrected chi connectivity index (χ1v) is 7.91. The molecule has 0 radical (unpaired) electrons. The summed E-state index contributed by atoms with van der Waals surface area (Å²) in [4.78, 5) is 15.6. The van der Waals surface area contributed by atoms with Crippen LogP contribution in [0.2, 0.25) is 0 Å². The molecule has 0 bridgehead atoms. The van der Waals surface area contributed by atoms with Crippen molar-refractivity contribution in [3.05, 3.63) is 42.0 Å². The van der Waals surface area contributed by atoms with Crippen LogP contribution in [0.5, 0.6) is 0 Å². The van der Waals surface area contributed by atoms with Crippen LogP contribution in [0, 0.1) is 0 Å². The van der Waals surface area contributed by atoms with Gasteiger partial charge in [-0.2, -0.15) is 0 Å². The predicted molar refractivity (Wildman–Crippen MR) is 86.6 cm³/mol. The molecule has 0 aliphatic heterocycles. The summed E-state index contributed by atoms with van der Waals surface area (Å²) in [6.45, 7) is 0. The lowest BCUT2D eigenvalue weighted by Gasteiger charge is -2.11. The van der Waals surface area contributed by atoms with Gasteiger partial charge in [-0.25, -0.2) is 9.78 Å². The minimum Gasteiger partial charge on any atom is -0.478 e. The van der Waals surface area contributed by atoms with E-state index in [1.54, 1.807) is 18.4 Å². The summed E-state index contributed by atoms with van der Waals surface area (Å²) in [6, 6.07) is 5.38. The number of carbonyl (C=O) groups is 1. The molecular weight excluding hydrogens is 292 g/mol. The molecule has 5 nitrogen and oxygen atoms in total. The lowest BCUT2D eigenvalue weighted by atomic mass is 9.93. The minimum absolute atomic E-state index is 0.308. The molecule has 2 aromatic heterocycles. The Kier molecular flexibility index (Phi) is 3.22. The van der Waals surface area contributed by atoms with Crippen molar-refractivity contribution in [3.8, 4) is 11.4 Å². The molecule has 5 heteroatoms. The lowest BCUT2D eigenvalue weighted by molar-refractivity contribution is 0.0697. The predicted octanol–water partition coefficient (Wildman–Crippen LogP) is 4.19. The summed E-state index contributed by atoms with van der Waals surface area (Å²) in [5, 5.41) is 10.4. The molecule has 4 rings (SSSR count). The van der Waals surface area contributed by atoms with Crippen molar-refractivity contribution in [3.63, 3.8) is 0 Å². The number of aryl methyl sites for hydroxylation is 1. The Balaban J connectivity index is 2.03. The second kappa shape index (κ2) is 5.26. The van der Waals surface area contributed by atoms with Crippen molar-refractivity contribution < 1.29 is 14.3 Å². The second-order valence-corrected chi connectivity index (χ2v) is 6.21. The Morgan fingerprint density at radius 1 is 1.35 bits per heavy atom. The van der Waals surface area contributed by atoms with Crippen LogP contribution in [-0.4, -0.2) is 20.6 Å². The number of oxazole rings is 1. The van der Waals surface area contributed by atoms with Gasteiger partial charge in [0, 0.05) is 18.0 Å². The van der Waals surface area contributed by atoms with Crippen molar-refractivity contribution >= 4 is 16.9 Å². The molecule has 3 aromatic rings. The van der Waals surface area contributed by atoms with Gasteiger partial charge in [0.05, 0.1) is 11.3 Å². The van der Waals surface area contributed by atoms with E-state index in [0.29, 0.717) is 11.5 Å². The average Bonchev–Trinajstić information content (AvgIpc) is 3.26. The number of aromatic nitrogens is 2. The Morgan fingerprint density at radius 2 is 2.13 bits per heavy atom. The fourth-order valence-electron chi connectivity index (χ4n) is 3.87. The molecule has 1 aliphatic rings. The maximum atomic E-state index is 11.3. The van der Waals surface area contributed by atoms with E-state index in [1.807, 2.05) is 17.7 Å². The summed E-state index contributed by atoms with van der Waals surface area (Å²) in [7, 11) is 1.97. The first-order chi connectivity index (χ1) is 11.2. The van der Waals surface area contributed by atoms with Gasteiger partial charge in [0.15, 0.2) is 6.39 Å². The second-order valence-electron chi connectivity index (χ2n) is 6.21. The molecule has 2 heterocycles. The molecule has 0 spiro atoms. The van der Waals surface area contributed by atoms with Gasteiger partial charge in [-0.1, -0.05) is 18.9 Å². The third kappa shape index (κ3) is 2.15. The summed E-state index contributed by atoms with van der Waals surface area (Å²) >= 11 is 0. The molecule has 23 heavy (non-hydrogen) atoms. The maximum Gasteiger partial charge on any atom is 0.335 e. The highest BCUT2D eigenvalue weighted by Gasteiger charge is 2.27. The van der Waals surface area contributed by atoms with Crippen molar-refractivity contribution in [1.29, 1.82) is 0 Å². The molecule has 1 N–H and O–H groups in total. The molecule has 1 aromatic carbocycles. The first kappa shape index (κ1) is 14.1. The minimum atomic E-state index is -0.904. The Labute approximate surface area is 133 Å². The SMILES string of the molecule is Cn1c(-c2cocn2)c(C2CCCC2)c2ccc(C(=O)O)cc21. The fourth-order valence-corrected chi connectivity index (χ4v) is 3.87. The largest absolute Gasteiger partial charge is 0.478 e. The van der Waals surface area contributed by atoms with Gasteiger partial charge >= 0.3 is 5.97 Å². The standard InChI is InChI=1S/C18H18N2O3/c1-20-15-8-12(18(21)22)6-7-13(15)16(11-4-2-3-5-11)17(20)14-9-23-10-19-14/h6-11H,2-5H2,1H3,(H,21,22). The quantitative estimate of drug-likeness (QED) is 0.787. The highest BCUT2D eigenvalue weighted by molar-refractivity contribution is 5.97. The van der Waals surface area contributed by atoms with E-state index < -0.39 is 5.97 Å². The monoisotopic (exact) mass is 310 g/mol. The third-order valence-corrected chi connectivity index (χ3v) is 4.93. The van der Waals surface area contributed by atoms with Crippen LogP contribution >= 0.6 is 0 Å². The molecule has 1 aliphatic carbocycles. The van der Waals surface area contributed by atoms with Gasteiger partial charge in [-0.3, -0.25) is 0 Å². The number of benzene rings is 1. The number of carboxylic acids is 1. The Morgan fingerprint density at radius 3 is 2.78 bits per heavy atom. The van der Waals surface area contributed by atoms with E-state index in [-0.39, 0.29) is 0 Å². The maximum absolute atomic E-state index is 11.3. The normalized spacial score (nSPS) is 15.5. The molecule has 118 valence electrons. The third-order valence-electron chi connectivity index (χ3n) is 4.93. The Bertz CT molecular complexity index is 871. The number of rotatable bonds is 3. The number of hydrogen-bond donors (Lipinski definition) is 1. The zero-order chi connectivity index (χ0) is 16.0. The van der Waals surface area contributed by atoms with E-state index in [9.17, 15) is 9.90 Å². The number of aromatic carboxylic acids is 1. The highest BCUT2D eigenvalue weighted by Crippen LogP contribution is 2.44. The van der Waals surface area contributed by atoms with Crippen LogP contribution < -0.4 is 0 Å². The molecule has 1 fully saturated rings. The van der Waals surface area contributed by atoms with Crippen LogP contribution in [0.1, 0.15) is 47.5 Å². The van der Waals surface area contributed by atoms with Crippen LogP contribution in [0.3, 0.4) is 0 Å². The summed E-state index contributed by atoms with van der Waals surface area (Å²) in [5.41, 5.74) is 4.38. The molecular formula is C18H18N2O3. The number of hydrogen-bond acceptors (Lipinski definition) is 3. The van der Waals surface area contributed by atoms with Crippen LogP contribution in [0.15, 0.2) is 35.3 Å². The number of carboxylic acid groups (broad SMARTS) is 1. The Hall–Kier alpha value is -2.56. The van der Waals surface area contributed by atoms with Gasteiger partial charge in [0.2, 0.25) is 0 Å². The molecule has 0 amide bonds. The van der Waals surface area contributed by atoms with E-state index in [4.69, 9.17) is 4.42 Å². The van der Waals surface area contributed by atoms with Gasteiger partial charge < -0.3 is 14.1 Å². The number of fused-ring (bicyclic) bond motifs is 1. The average molecular weight is 310 g/mol. The summed E-state index contributed by atoms with van der Waals surface area (Å²) in [6.07, 6.45) is 7.92. The van der Waals surface area contributed by atoms with Crippen molar-refractivity contribution in [2.24, 2.45) is 7.05 Å². The van der Waals surface area contributed by atoms with E-state index >= 15 is 0 Å². The van der Waals surface area contributed by atoms with Crippen molar-refractivity contribution in [2.45, 2.75) is 31.6 Å². The zero-order valence-corrected chi connectivity index (χ0v) is 13.0.